The molecule has 0 radical (unpaired) electrons. The predicted octanol–water partition coefficient (Wildman–Crippen LogP) is 2.10. The molecule has 0 aromatic heterocycles. The first-order valence-corrected chi connectivity index (χ1v) is 7.30. The van der Waals surface area contributed by atoms with Gasteiger partial charge in [-0.1, -0.05) is 23.7 Å². The molecule has 1 atom stereocenters. The molecule has 6 heteroatoms. The van der Waals surface area contributed by atoms with Gasteiger partial charge in [-0.05, 0) is 30.5 Å². The van der Waals surface area contributed by atoms with Crippen LogP contribution in [-0.2, 0) is 14.3 Å². The van der Waals surface area contributed by atoms with Crippen LogP contribution in [0.2, 0.25) is 5.02 Å². The molecule has 0 bridgehead atoms. The van der Waals surface area contributed by atoms with E-state index in [1.54, 1.807) is 11.0 Å². The number of amides is 1. The number of hydrogen-bond donors (Lipinski definition) is 1. The van der Waals surface area contributed by atoms with Crippen LogP contribution in [0.1, 0.15) is 24.5 Å². The molecular formula is C15H16ClNO4. The average molecular weight is 310 g/mol. The summed E-state index contributed by atoms with van der Waals surface area (Å²) < 4.78 is 5.69. The van der Waals surface area contributed by atoms with E-state index in [0.29, 0.717) is 37.6 Å². The molecule has 1 aromatic carbocycles. The third kappa shape index (κ3) is 2.63. The van der Waals surface area contributed by atoms with Gasteiger partial charge in [0.25, 0.3) is 0 Å². The van der Waals surface area contributed by atoms with Crippen molar-refractivity contribution < 1.29 is 19.4 Å². The molecule has 112 valence electrons. The van der Waals surface area contributed by atoms with Gasteiger partial charge in [0, 0.05) is 11.6 Å². The second kappa shape index (κ2) is 5.31. The van der Waals surface area contributed by atoms with Crippen molar-refractivity contribution in [2.45, 2.75) is 18.9 Å². The maximum Gasteiger partial charge on any atom is 0.319 e. The second-order valence-electron chi connectivity index (χ2n) is 5.55. The minimum atomic E-state index is -1.18. The number of halogens is 1. The standard InChI is InChI=1S/C15H16ClNO4/c16-11-3-1-2-10(8-11)12-9-17(6-7-21-12)13(18)15(4-5-15)14(19)20/h1-3,8,12H,4-7,9H2,(H,19,20). The number of benzene rings is 1. The van der Waals surface area contributed by atoms with Gasteiger partial charge in [0.15, 0.2) is 0 Å². The topological polar surface area (TPSA) is 66.8 Å². The second-order valence-corrected chi connectivity index (χ2v) is 5.99. The highest BCUT2D eigenvalue weighted by Crippen LogP contribution is 2.48. The summed E-state index contributed by atoms with van der Waals surface area (Å²) >= 11 is 5.97. The summed E-state index contributed by atoms with van der Waals surface area (Å²) in [4.78, 5) is 25.3. The number of aliphatic carboxylic acids is 1. The van der Waals surface area contributed by atoms with E-state index in [1.165, 1.54) is 0 Å². The summed E-state index contributed by atoms with van der Waals surface area (Å²) in [6.45, 7) is 1.21. The maximum atomic E-state index is 12.4. The molecule has 1 aliphatic heterocycles. The van der Waals surface area contributed by atoms with Gasteiger partial charge < -0.3 is 14.7 Å². The van der Waals surface area contributed by atoms with Crippen LogP contribution in [0, 0.1) is 5.41 Å². The van der Waals surface area contributed by atoms with Gasteiger partial charge in [0.05, 0.1) is 13.2 Å². The number of ether oxygens (including phenoxy) is 1. The van der Waals surface area contributed by atoms with Crippen LogP contribution in [0.4, 0.5) is 0 Å². The fourth-order valence-corrected chi connectivity index (χ4v) is 2.89. The zero-order valence-corrected chi connectivity index (χ0v) is 12.2. The van der Waals surface area contributed by atoms with Crippen molar-refractivity contribution in [3.8, 4) is 0 Å². The zero-order chi connectivity index (χ0) is 15.0. The molecule has 1 amide bonds. The minimum absolute atomic E-state index is 0.258. The van der Waals surface area contributed by atoms with Crippen LogP contribution in [0.25, 0.3) is 0 Å². The average Bonchev–Trinajstić information content (AvgIpc) is 3.28. The van der Waals surface area contributed by atoms with Gasteiger partial charge in [-0.15, -0.1) is 0 Å². The van der Waals surface area contributed by atoms with Crippen LogP contribution in [0.15, 0.2) is 24.3 Å². The van der Waals surface area contributed by atoms with Crippen LogP contribution in [0.5, 0.6) is 0 Å². The SMILES string of the molecule is O=C(O)C1(C(=O)N2CCOC(c3cccc(Cl)c3)C2)CC1. The summed E-state index contributed by atoms with van der Waals surface area (Å²) in [7, 11) is 0. The molecule has 0 spiro atoms. The van der Waals surface area contributed by atoms with Crippen molar-refractivity contribution in [2.24, 2.45) is 5.41 Å². The predicted molar refractivity (Wildman–Crippen MR) is 76.0 cm³/mol. The molecule has 5 nitrogen and oxygen atoms in total. The van der Waals surface area contributed by atoms with Crippen LogP contribution in [0.3, 0.4) is 0 Å². The lowest BCUT2D eigenvalue weighted by molar-refractivity contribution is -0.157. The third-order valence-corrected chi connectivity index (χ3v) is 4.38. The van der Waals surface area contributed by atoms with Gasteiger partial charge in [-0.3, -0.25) is 9.59 Å². The highest BCUT2D eigenvalue weighted by molar-refractivity contribution is 6.30. The molecule has 1 saturated carbocycles. The smallest absolute Gasteiger partial charge is 0.319 e. The number of carbonyl (C=O) groups excluding carboxylic acids is 1. The monoisotopic (exact) mass is 309 g/mol. The number of rotatable bonds is 3. The van der Waals surface area contributed by atoms with E-state index in [4.69, 9.17) is 16.3 Å². The Morgan fingerprint density at radius 3 is 2.76 bits per heavy atom. The third-order valence-electron chi connectivity index (χ3n) is 4.14. The number of morpholine rings is 1. The Balaban J connectivity index is 1.74. The van der Waals surface area contributed by atoms with Gasteiger partial charge in [0.2, 0.25) is 5.91 Å². The number of carboxylic acid groups (broad SMARTS) is 1. The van der Waals surface area contributed by atoms with Crippen molar-refractivity contribution in [3.63, 3.8) is 0 Å². The lowest BCUT2D eigenvalue weighted by atomic mass is 10.0. The molecule has 1 N–H and O–H groups in total. The van der Waals surface area contributed by atoms with E-state index < -0.39 is 11.4 Å². The van der Waals surface area contributed by atoms with Crippen LogP contribution in [-0.4, -0.2) is 41.6 Å². The van der Waals surface area contributed by atoms with E-state index in [9.17, 15) is 14.7 Å². The zero-order valence-electron chi connectivity index (χ0n) is 11.4. The molecule has 1 saturated heterocycles. The number of carboxylic acids is 1. The van der Waals surface area contributed by atoms with E-state index in [-0.39, 0.29) is 12.0 Å². The van der Waals surface area contributed by atoms with Crippen molar-refractivity contribution in [1.82, 2.24) is 4.90 Å². The number of hydrogen-bond acceptors (Lipinski definition) is 3. The van der Waals surface area contributed by atoms with Crippen molar-refractivity contribution in [3.05, 3.63) is 34.9 Å². The van der Waals surface area contributed by atoms with E-state index in [0.717, 1.165) is 5.56 Å². The number of carbonyl (C=O) groups is 2. The lowest BCUT2D eigenvalue weighted by Gasteiger charge is -2.34. The molecule has 1 aromatic rings. The molecule has 1 aliphatic carbocycles. The summed E-state index contributed by atoms with van der Waals surface area (Å²) in [5, 5.41) is 9.84. The summed E-state index contributed by atoms with van der Waals surface area (Å²) in [6, 6.07) is 7.32. The van der Waals surface area contributed by atoms with Gasteiger partial charge in [-0.25, -0.2) is 0 Å². The first kappa shape index (κ1) is 14.4. The highest BCUT2D eigenvalue weighted by atomic mass is 35.5. The Morgan fingerprint density at radius 2 is 2.14 bits per heavy atom. The van der Waals surface area contributed by atoms with E-state index in [2.05, 4.69) is 0 Å². The number of nitrogens with zero attached hydrogens (tertiary/aromatic N) is 1. The Labute approximate surface area is 127 Å². The van der Waals surface area contributed by atoms with Gasteiger partial charge in [-0.2, -0.15) is 0 Å². The molecule has 1 unspecified atom stereocenters. The minimum Gasteiger partial charge on any atom is -0.480 e. The highest BCUT2D eigenvalue weighted by Gasteiger charge is 2.58. The van der Waals surface area contributed by atoms with Crippen LogP contribution < -0.4 is 0 Å². The summed E-state index contributed by atoms with van der Waals surface area (Å²) in [5.41, 5.74) is -0.281. The largest absolute Gasteiger partial charge is 0.480 e. The fraction of sp³-hybridized carbons (Fsp3) is 0.467. The van der Waals surface area contributed by atoms with E-state index >= 15 is 0 Å². The first-order valence-electron chi connectivity index (χ1n) is 6.93. The molecule has 21 heavy (non-hydrogen) atoms. The molecule has 2 fully saturated rings. The normalized spacial score (nSPS) is 23.7. The molecule has 1 heterocycles. The Hall–Kier alpha value is -1.59. The first-order chi connectivity index (χ1) is 10.0. The van der Waals surface area contributed by atoms with E-state index in [1.807, 2.05) is 18.2 Å². The van der Waals surface area contributed by atoms with Crippen molar-refractivity contribution in [2.75, 3.05) is 19.7 Å². The summed E-state index contributed by atoms with van der Waals surface area (Å²) in [6.07, 6.45) is 0.603. The maximum absolute atomic E-state index is 12.4. The molecule has 3 rings (SSSR count). The Kier molecular flexibility index (Phi) is 3.63. The summed E-state index contributed by atoms with van der Waals surface area (Å²) in [5.74, 6) is -1.30. The Bertz CT molecular complexity index is 585. The molecular weight excluding hydrogens is 294 g/mol. The van der Waals surface area contributed by atoms with Gasteiger partial charge >= 0.3 is 5.97 Å². The van der Waals surface area contributed by atoms with Crippen molar-refractivity contribution in [1.29, 1.82) is 0 Å². The lowest BCUT2D eigenvalue weighted by Crippen LogP contribution is -2.47. The fourth-order valence-electron chi connectivity index (χ4n) is 2.69. The molecule has 2 aliphatic rings. The van der Waals surface area contributed by atoms with Crippen LogP contribution >= 0.6 is 11.6 Å². The Morgan fingerprint density at radius 1 is 1.38 bits per heavy atom. The van der Waals surface area contributed by atoms with Gasteiger partial charge in [0.1, 0.15) is 11.5 Å². The quantitative estimate of drug-likeness (QED) is 0.868. The van der Waals surface area contributed by atoms with Crippen molar-refractivity contribution >= 4 is 23.5 Å².